The minimum atomic E-state index is -0.468. The molecule has 1 atom stereocenters. The zero-order valence-corrected chi connectivity index (χ0v) is 9.37. The summed E-state index contributed by atoms with van der Waals surface area (Å²) in [5.74, 6) is -0.0700. The molecule has 0 fully saturated rings. The molecular formula is C11H16N4O. The molecule has 0 aliphatic heterocycles. The van der Waals surface area contributed by atoms with Crippen LogP contribution in [0.2, 0.25) is 0 Å². The van der Waals surface area contributed by atoms with Gasteiger partial charge in [-0.2, -0.15) is 0 Å². The second-order valence-electron chi connectivity index (χ2n) is 3.64. The van der Waals surface area contributed by atoms with Gasteiger partial charge in [0.25, 0.3) is 0 Å². The Morgan fingerprint density at radius 1 is 1.50 bits per heavy atom. The lowest BCUT2D eigenvalue weighted by Gasteiger charge is -2.13. The van der Waals surface area contributed by atoms with E-state index in [4.69, 9.17) is 11.1 Å². The van der Waals surface area contributed by atoms with Gasteiger partial charge in [0, 0.05) is 5.69 Å². The smallest absolute Gasteiger partial charge is 0.319 e. The van der Waals surface area contributed by atoms with Crippen LogP contribution < -0.4 is 16.4 Å². The fourth-order valence-electron chi connectivity index (χ4n) is 1.16. The Bertz CT molecular complexity index is 403. The zero-order chi connectivity index (χ0) is 12.1. The molecule has 0 aliphatic rings. The van der Waals surface area contributed by atoms with Crippen molar-refractivity contribution in [2.45, 2.75) is 19.9 Å². The number of rotatable bonds is 3. The van der Waals surface area contributed by atoms with Crippen LogP contribution in [0.15, 0.2) is 24.3 Å². The first-order valence-electron chi connectivity index (χ1n) is 4.97. The molecule has 1 aromatic rings. The third-order valence-electron chi connectivity index (χ3n) is 2.09. The van der Waals surface area contributed by atoms with E-state index in [0.29, 0.717) is 5.69 Å². The first-order valence-corrected chi connectivity index (χ1v) is 4.97. The lowest BCUT2D eigenvalue weighted by atomic mass is 10.2. The number of hydrogen-bond acceptors (Lipinski definition) is 2. The highest BCUT2D eigenvalue weighted by molar-refractivity contribution is 5.93. The topological polar surface area (TPSA) is 91.0 Å². The molecule has 2 amide bonds. The summed E-state index contributed by atoms with van der Waals surface area (Å²) in [4.78, 5) is 11.5. The number of urea groups is 1. The second-order valence-corrected chi connectivity index (χ2v) is 3.64. The van der Waals surface area contributed by atoms with Crippen LogP contribution >= 0.6 is 0 Å². The van der Waals surface area contributed by atoms with Crippen molar-refractivity contribution in [3.05, 3.63) is 29.8 Å². The summed E-state index contributed by atoms with van der Waals surface area (Å²) in [6, 6.07) is 6.63. The van der Waals surface area contributed by atoms with E-state index in [-0.39, 0.29) is 11.9 Å². The molecule has 0 radical (unpaired) electrons. The summed E-state index contributed by atoms with van der Waals surface area (Å²) in [5.41, 5.74) is 7.03. The molecule has 1 rings (SSSR count). The van der Waals surface area contributed by atoms with Gasteiger partial charge in [-0.15, -0.1) is 0 Å². The predicted octanol–water partition coefficient (Wildman–Crippen LogP) is 1.44. The number of benzene rings is 1. The van der Waals surface area contributed by atoms with E-state index in [0.717, 1.165) is 5.56 Å². The average Bonchev–Trinajstić information content (AvgIpc) is 2.16. The van der Waals surface area contributed by atoms with Crippen LogP contribution in [-0.4, -0.2) is 17.9 Å². The molecule has 0 saturated heterocycles. The van der Waals surface area contributed by atoms with Crippen molar-refractivity contribution in [2.24, 2.45) is 5.73 Å². The summed E-state index contributed by atoms with van der Waals surface area (Å²) >= 11 is 0. The van der Waals surface area contributed by atoms with Gasteiger partial charge in [0.2, 0.25) is 0 Å². The Labute approximate surface area is 94.5 Å². The van der Waals surface area contributed by atoms with Crippen molar-refractivity contribution >= 4 is 17.6 Å². The molecule has 1 unspecified atom stereocenters. The molecule has 5 nitrogen and oxygen atoms in total. The fraction of sp³-hybridized carbons (Fsp3) is 0.273. The lowest BCUT2D eigenvalue weighted by Crippen LogP contribution is -2.43. The van der Waals surface area contributed by atoms with Crippen LogP contribution in [0.25, 0.3) is 0 Å². The summed E-state index contributed by atoms with van der Waals surface area (Å²) in [6.45, 7) is 3.60. The SMILES string of the molecule is Cc1cccc(NC(=O)NC(C)C(=N)N)c1. The second kappa shape index (κ2) is 5.16. The minimum absolute atomic E-state index is 0.0700. The first-order chi connectivity index (χ1) is 7.49. The Morgan fingerprint density at radius 2 is 2.19 bits per heavy atom. The van der Waals surface area contributed by atoms with Gasteiger partial charge in [-0.25, -0.2) is 4.79 Å². The largest absolute Gasteiger partial charge is 0.386 e. The molecule has 16 heavy (non-hydrogen) atoms. The number of hydrogen-bond donors (Lipinski definition) is 4. The maximum atomic E-state index is 11.5. The molecule has 5 N–H and O–H groups in total. The van der Waals surface area contributed by atoms with Crippen molar-refractivity contribution in [1.29, 1.82) is 5.41 Å². The van der Waals surface area contributed by atoms with E-state index in [9.17, 15) is 4.79 Å². The summed E-state index contributed by atoms with van der Waals surface area (Å²) < 4.78 is 0. The number of anilines is 1. The highest BCUT2D eigenvalue weighted by Gasteiger charge is 2.09. The van der Waals surface area contributed by atoms with Crippen LogP contribution in [0.1, 0.15) is 12.5 Å². The van der Waals surface area contributed by atoms with Crippen LogP contribution in [0.4, 0.5) is 10.5 Å². The van der Waals surface area contributed by atoms with Gasteiger partial charge < -0.3 is 16.4 Å². The predicted molar refractivity (Wildman–Crippen MR) is 64.7 cm³/mol. The van der Waals surface area contributed by atoms with Gasteiger partial charge in [-0.1, -0.05) is 12.1 Å². The molecule has 0 bridgehead atoms. The lowest BCUT2D eigenvalue weighted by molar-refractivity contribution is 0.251. The quantitative estimate of drug-likeness (QED) is 0.458. The van der Waals surface area contributed by atoms with Crippen molar-refractivity contribution < 1.29 is 4.79 Å². The third-order valence-corrected chi connectivity index (χ3v) is 2.09. The highest BCUT2D eigenvalue weighted by atomic mass is 16.2. The van der Waals surface area contributed by atoms with Crippen LogP contribution in [0.5, 0.6) is 0 Å². The van der Waals surface area contributed by atoms with Crippen LogP contribution in [0.3, 0.4) is 0 Å². The van der Waals surface area contributed by atoms with Gasteiger partial charge in [-0.3, -0.25) is 5.41 Å². The van der Waals surface area contributed by atoms with Gasteiger partial charge in [0.15, 0.2) is 0 Å². The fourth-order valence-corrected chi connectivity index (χ4v) is 1.16. The number of amides is 2. The molecule has 1 aromatic carbocycles. The Balaban J connectivity index is 2.55. The number of nitrogens with two attached hydrogens (primary N) is 1. The number of aryl methyl sites for hydroxylation is 1. The zero-order valence-electron chi connectivity index (χ0n) is 9.37. The van der Waals surface area contributed by atoms with Gasteiger partial charge in [-0.05, 0) is 31.5 Å². The summed E-state index contributed by atoms with van der Waals surface area (Å²) in [6.07, 6.45) is 0. The Kier molecular flexibility index (Phi) is 3.88. The number of nitrogens with one attached hydrogen (secondary N) is 3. The van der Waals surface area contributed by atoms with Gasteiger partial charge in [0.05, 0.1) is 6.04 Å². The molecule has 5 heteroatoms. The molecule has 0 aliphatic carbocycles. The van der Waals surface area contributed by atoms with Gasteiger partial charge >= 0.3 is 6.03 Å². The van der Waals surface area contributed by atoms with Crippen LogP contribution in [0, 0.1) is 12.3 Å². The van der Waals surface area contributed by atoms with Crippen molar-refractivity contribution in [3.63, 3.8) is 0 Å². The maximum Gasteiger partial charge on any atom is 0.319 e. The summed E-state index contributed by atoms with van der Waals surface area (Å²) in [5, 5.41) is 12.4. The first kappa shape index (κ1) is 12.0. The Hall–Kier alpha value is -2.04. The van der Waals surface area contributed by atoms with E-state index in [1.807, 2.05) is 25.1 Å². The number of carbonyl (C=O) groups is 1. The third kappa shape index (κ3) is 3.61. The maximum absolute atomic E-state index is 11.5. The summed E-state index contributed by atoms with van der Waals surface area (Å²) in [7, 11) is 0. The Morgan fingerprint density at radius 3 is 2.75 bits per heavy atom. The minimum Gasteiger partial charge on any atom is -0.386 e. The van der Waals surface area contributed by atoms with Crippen LogP contribution in [-0.2, 0) is 0 Å². The van der Waals surface area contributed by atoms with E-state index >= 15 is 0 Å². The van der Waals surface area contributed by atoms with E-state index in [2.05, 4.69) is 10.6 Å². The molecule has 0 spiro atoms. The number of amidine groups is 1. The van der Waals surface area contributed by atoms with E-state index < -0.39 is 6.04 Å². The van der Waals surface area contributed by atoms with E-state index in [1.54, 1.807) is 13.0 Å². The molecule has 0 aromatic heterocycles. The van der Waals surface area contributed by atoms with Gasteiger partial charge in [0.1, 0.15) is 5.84 Å². The normalized spacial score (nSPS) is 11.6. The molecular weight excluding hydrogens is 204 g/mol. The van der Waals surface area contributed by atoms with Crippen molar-refractivity contribution in [3.8, 4) is 0 Å². The van der Waals surface area contributed by atoms with E-state index in [1.165, 1.54) is 0 Å². The number of carbonyl (C=O) groups excluding carboxylic acids is 1. The standard InChI is InChI=1S/C11H16N4O/c1-7-4-3-5-9(6-7)15-11(16)14-8(2)10(12)13/h3-6,8H,1-2H3,(H3,12,13)(H2,14,15,16). The molecule has 86 valence electrons. The highest BCUT2D eigenvalue weighted by Crippen LogP contribution is 2.08. The van der Waals surface area contributed by atoms with Crippen molar-refractivity contribution in [1.82, 2.24) is 5.32 Å². The molecule has 0 saturated carbocycles. The average molecular weight is 220 g/mol. The molecule has 0 heterocycles. The monoisotopic (exact) mass is 220 g/mol. The van der Waals surface area contributed by atoms with Crippen molar-refractivity contribution in [2.75, 3.05) is 5.32 Å².